The van der Waals surface area contributed by atoms with Crippen molar-refractivity contribution in [2.75, 3.05) is 13.7 Å². The molecule has 0 aliphatic heterocycles. The lowest BCUT2D eigenvalue weighted by Gasteiger charge is -2.15. The van der Waals surface area contributed by atoms with Gasteiger partial charge in [0, 0.05) is 6.04 Å². The first-order chi connectivity index (χ1) is 8.08. The summed E-state index contributed by atoms with van der Waals surface area (Å²) in [5.41, 5.74) is 6.89. The predicted molar refractivity (Wildman–Crippen MR) is 70.5 cm³/mol. The first-order valence-corrected chi connectivity index (χ1v) is 6.14. The summed E-state index contributed by atoms with van der Waals surface area (Å²) in [6.45, 7) is 6.99. The zero-order valence-corrected chi connectivity index (χ0v) is 11.2. The lowest BCUT2D eigenvalue weighted by molar-refractivity contribution is 0.244. The topological polar surface area (TPSA) is 44.5 Å². The van der Waals surface area contributed by atoms with Gasteiger partial charge in [0.15, 0.2) is 11.5 Å². The Morgan fingerprint density at radius 3 is 2.47 bits per heavy atom. The third-order valence-corrected chi connectivity index (χ3v) is 2.93. The number of hydrogen-bond donors (Lipinski definition) is 1. The van der Waals surface area contributed by atoms with Gasteiger partial charge in [-0.25, -0.2) is 0 Å². The summed E-state index contributed by atoms with van der Waals surface area (Å²) in [5.74, 6) is 2.09. The standard InChI is InChI=1S/C14H23NO2/c1-5-10(2)9-17-13-7-6-12(11(3)15)8-14(13)16-4/h6-8,10-11H,5,9,15H2,1-4H3. The molecule has 3 heteroatoms. The fraction of sp³-hybridized carbons (Fsp3) is 0.571. The molecular formula is C14H23NO2. The summed E-state index contributed by atoms with van der Waals surface area (Å²) in [7, 11) is 1.65. The van der Waals surface area contributed by atoms with E-state index in [4.69, 9.17) is 15.2 Å². The second-order valence-corrected chi connectivity index (χ2v) is 4.52. The van der Waals surface area contributed by atoms with Crippen LogP contribution in [0.4, 0.5) is 0 Å². The fourth-order valence-corrected chi connectivity index (χ4v) is 1.44. The van der Waals surface area contributed by atoms with Gasteiger partial charge in [-0.05, 0) is 30.5 Å². The van der Waals surface area contributed by atoms with E-state index in [0.29, 0.717) is 12.5 Å². The van der Waals surface area contributed by atoms with Crippen LogP contribution < -0.4 is 15.2 Å². The molecule has 0 fully saturated rings. The van der Waals surface area contributed by atoms with Crippen molar-refractivity contribution in [2.45, 2.75) is 33.2 Å². The van der Waals surface area contributed by atoms with Crippen LogP contribution in [-0.2, 0) is 0 Å². The molecule has 0 amide bonds. The molecule has 0 aromatic heterocycles. The lowest BCUT2D eigenvalue weighted by atomic mass is 10.1. The normalized spacial score (nSPS) is 14.2. The Hall–Kier alpha value is -1.22. The molecule has 0 saturated carbocycles. The molecule has 1 rings (SSSR count). The highest BCUT2D eigenvalue weighted by atomic mass is 16.5. The van der Waals surface area contributed by atoms with Gasteiger partial charge in [-0.3, -0.25) is 0 Å². The average Bonchev–Trinajstić information content (AvgIpc) is 2.35. The van der Waals surface area contributed by atoms with Gasteiger partial charge in [-0.15, -0.1) is 0 Å². The second kappa shape index (κ2) is 6.50. The van der Waals surface area contributed by atoms with Crippen molar-refractivity contribution in [3.8, 4) is 11.5 Å². The van der Waals surface area contributed by atoms with E-state index < -0.39 is 0 Å². The minimum atomic E-state index is 0.00696. The zero-order chi connectivity index (χ0) is 12.8. The SMILES string of the molecule is CCC(C)COc1ccc(C(C)N)cc1OC. The first kappa shape index (κ1) is 13.8. The van der Waals surface area contributed by atoms with Crippen LogP contribution in [0.1, 0.15) is 38.8 Å². The van der Waals surface area contributed by atoms with Crippen molar-refractivity contribution in [1.29, 1.82) is 0 Å². The molecule has 1 aromatic rings. The van der Waals surface area contributed by atoms with E-state index in [9.17, 15) is 0 Å². The third kappa shape index (κ3) is 3.93. The van der Waals surface area contributed by atoms with Crippen molar-refractivity contribution < 1.29 is 9.47 Å². The quantitative estimate of drug-likeness (QED) is 0.826. The predicted octanol–water partition coefficient (Wildman–Crippen LogP) is 3.14. The maximum atomic E-state index is 5.83. The van der Waals surface area contributed by atoms with E-state index in [0.717, 1.165) is 23.5 Å². The van der Waals surface area contributed by atoms with Gasteiger partial charge >= 0.3 is 0 Å². The Balaban J connectivity index is 2.78. The van der Waals surface area contributed by atoms with Crippen LogP contribution in [0.5, 0.6) is 11.5 Å². The second-order valence-electron chi connectivity index (χ2n) is 4.52. The smallest absolute Gasteiger partial charge is 0.161 e. The molecule has 0 saturated heterocycles. The molecule has 3 nitrogen and oxygen atoms in total. The average molecular weight is 237 g/mol. The number of rotatable bonds is 6. The van der Waals surface area contributed by atoms with Crippen molar-refractivity contribution in [2.24, 2.45) is 11.7 Å². The van der Waals surface area contributed by atoms with Crippen LogP contribution in [-0.4, -0.2) is 13.7 Å². The van der Waals surface area contributed by atoms with E-state index >= 15 is 0 Å². The van der Waals surface area contributed by atoms with Gasteiger partial charge in [-0.2, -0.15) is 0 Å². The van der Waals surface area contributed by atoms with Gasteiger partial charge in [0.05, 0.1) is 13.7 Å². The summed E-state index contributed by atoms with van der Waals surface area (Å²) >= 11 is 0. The van der Waals surface area contributed by atoms with Crippen LogP contribution in [0, 0.1) is 5.92 Å². The molecule has 17 heavy (non-hydrogen) atoms. The van der Waals surface area contributed by atoms with Gasteiger partial charge in [-0.1, -0.05) is 26.3 Å². The number of methoxy groups -OCH3 is 1. The van der Waals surface area contributed by atoms with E-state index in [1.807, 2.05) is 25.1 Å². The molecule has 0 bridgehead atoms. The van der Waals surface area contributed by atoms with E-state index in [1.165, 1.54) is 0 Å². The van der Waals surface area contributed by atoms with Crippen LogP contribution in [0.15, 0.2) is 18.2 Å². The molecule has 0 aliphatic carbocycles. The van der Waals surface area contributed by atoms with Crippen molar-refractivity contribution in [3.63, 3.8) is 0 Å². The fourth-order valence-electron chi connectivity index (χ4n) is 1.44. The summed E-state index contributed by atoms with van der Waals surface area (Å²) in [6, 6.07) is 5.86. The number of ether oxygens (including phenoxy) is 2. The minimum Gasteiger partial charge on any atom is -0.493 e. The minimum absolute atomic E-state index is 0.00696. The van der Waals surface area contributed by atoms with Crippen LogP contribution in [0.25, 0.3) is 0 Å². The molecule has 0 heterocycles. The summed E-state index contributed by atoms with van der Waals surface area (Å²) in [4.78, 5) is 0. The molecule has 0 radical (unpaired) electrons. The lowest BCUT2D eigenvalue weighted by Crippen LogP contribution is -2.09. The molecule has 2 N–H and O–H groups in total. The van der Waals surface area contributed by atoms with E-state index in [2.05, 4.69) is 13.8 Å². The maximum absolute atomic E-state index is 5.83. The van der Waals surface area contributed by atoms with Crippen molar-refractivity contribution >= 4 is 0 Å². The van der Waals surface area contributed by atoms with E-state index in [-0.39, 0.29) is 6.04 Å². The van der Waals surface area contributed by atoms with Gasteiger partial charge in [0.25, 0.3) is 0 Å². The Bertz CT molecular complexity index is 350. The van der Waals surface area contributed by atoms with Gasteiger partial charge in [0.2, 0.25) is 0 Å². The highest BCUT2D eigenvalue weighted by molar-refractivity contribution is 5.43. The molecular weight excluding hydrogens is 214 g/mol. The van der Waals surface area contributed by atoms with Crippen LogP contribution >= 0.6 is 0 Å². The summed E-state index contributed by atoms with van der Waals surface area (Å²) in [5, 5.41) is 0. The summed E-state index contributed by atoms with van der Waals surface area (Å²) < 4.78 is 11.1. The molecule has 0 aliphatic rings. The van der Waals surface area contributed by atoms with Gasteiger partial charge in [0.1, 0.15) is 0 Å². The first-order valence-electron chi connectivity index (χ1n) is 6.14. The monoisotopic (exact) mass is 237 g/mol. The number of nitrogens with two attached hydrogens (primary N) is 1. The molecule has 2 atom stereocenters. The van der Waals surface area contributed by atoms with Gasteiger partial charge < -0.3 is 15.2 Å². The zero-order valence-electron chi connectivity index (χ0n) is 11.2. The molecule has 2 unspecified atom stereocenters. The maximum Gasteiger partial charge on any atom is 0.161 e. The number of hydrogen-bond acceptors (Lipinski definition) is 3. The van der Waals surface area contributed by atoms with Crippen LogP contribution in [0.3, 0.4) is 0 Å². The Labute approximate surface area is 104 Å². The highest BCUT2D eigenvalue weighted by Gasteiger charge is 2.09. The third-order valence-electron chi connectivity index (χ3n) is 2.93. The highest BCUT2D eigenvalue weighted by Crippen LogP contribution is 2.30. The Morgan fingerprint density at radius 2 is 1.94 bits per heavy atom. The van der Waals surface area contributed by atoms with Crippen molar-refractivity contribution in [3.05, 3.63) is 23.8 Å². The largest absolute Gasteiger partial charge is 0.493 e. The number of benzene rings is 1. The molecule has 96 valence electrons. The summed E-state index contributed by atoms with van der Waals surface area (Å²) in [6.07, 6.45) is 1.11. The Morgan fingerprint density at radius 1 is 1.24 bits per heavy atom. The molecule has 1 aromatic carbocycles. The Kier molecular flexibility index (Phi) is 5.29. The molecule has 0 spiro atoms. The van der Waals surface area contributed by atoms with Crippen molar-refractivity contribution in [1.82, 2.24) is 0 Å². The van der Waals surface area contributed by atoms with Crippen LogP contribution in [0.2, 0.25) is 0 Å². The van der Waals surface area contributed by atoms with E-state index in [1.54, 1.807) is 7.11 Å².